The summed E-state index contributed by atoms with van der Waals surface area (Å²) in [4.78, 5) is 10.6. The Hall–Kier alpha value is -2.05. The smallest absolute Gasteiger partial charge is 0.241 e. The number of sulfonamides is 1. The fourth-order valence-electron chi connectivity index (χ4n) is 1.85. The van der Waals surface area contributed by atoms with Crippen LogP contribution in [0.25, 0.3) is 0 Å². The van der Waals surface area contributed by atoms with Crippen molar-refractivity contribution < 1.29 is 17.6 Å². The van der Waals surface area contributed by atoms with Crippen LogP contribution in [0.15, 0.2) is 53.4 Å². The van der Waals surface area contributed by atoms with Crippen LogP contribution >= 0.6 is 0 Å². The van der Waals surface area contributed by atoms with Gasteiger partial charge in [0, 0.05) is 11.6 Å². The third-order valence-corrected chi connectivity index (χ3v) is 4.59. The minimum absolute atomic E-state index is 0.0714. The number of carbonyl (C=O) groups excluding carboxylic acids is 1. The number of hydrogen-bond acceptors (Lipinski definition) is 3. The number of hydrogen-bond donors (Lipinski definition) is 1. The molecule has 0 aliphatic heterocycles. The second-order valence-electron chi connectivity index (χ2n) is 4.58. The molecule has 1 atom stereocenters. The van der Waals surface area contributed by atoms with Gasteiger partial charge in [0.2, 0.25) is 10.0 Å². The normalized spacial score (nSPS) is 12.9. The molecule has 0 aliphatic rings. The monoisotopic (exact) mass is 307 g/mol. The summed E-state index contributed by atoms with van der Waals surface area (Å²) in [6, 6.07) is 10.7. The van der Waals surface area contributed by atoms with Crippen LogP contribution in [0.2, 0.25) is 0 Å². The van der Waals surface area contributed by atoms with Gasteiger partial charge in [0.05, 0.1) is 4.90 Å². The Morgan fingerprint density at radius 3 is 2.14 bits per heavy atom. The maximum Gasteiger partial charge on any atom is 0.241 e. The van der Waals surface area contributed by atoms with Gasteiger partial charge in [-0.05, 0) is 36.8 Å². The lowest BCUT2D eigenvalue weighted by atomic mass is 10.1. The zero-order valence-corrected chi connectivity index (χ0v) is 12.1. The summed E-state index contributed by atoms with van der Waals surface area (Å²) >= 11 is 0. The SMILES string of the molecule is CC(NS(=O)(=O)c1ccc(C=O)cc1)c1ccc(F)cc1. The average molecular weight is 307 g/mol. The van der Waals surface area contributed by atoms with Crippen molar-refractivity contribution >= 4 is 16.3 Å². The molecular weight excluding hydrogens is 293 g/mol. The number of halogens is 1. The van der Waals surface area contributed by atoms with Crippen LogP contribution in [-0.2, 0) is 10.0 Å². The Labute approximate surface area is 122 Å². The van der Waals surface area contributed by atoms with E-state index in [9.17, 15) is 17.6 Å². The van der Waals surface area contributed by atoms with Crippen molar-refractivity contribution in [2.24, 2.45) is 0 Å². The molecule has 0 fully saturated rings. The summed E-state index contributed by atoms with van der Waals surface area (Å²) in [7, 11) is -3.70. The molecule has 6 heteroatoms. The minimum Gasteiger partial charge on any atom is -0.298 e. The van der Waals surface area contributed by atoms with E-state index in [0.29, 0.717) is 17.4 Å². The Morgan fingerprint density at radius 1 is 1.05 bits per heavy atom. The lowest BCUT2D eigenvalue weighted by molar-refractivity contribution is 0.112. The summed E-state index contributed by atoms with van der Waals surface area (Å²) in [6.07, 6.45) is 0.644. The summed E-state index contributed by atoms with van der Waals surface area (Å²) in [6.45, 7) is 1.67. The molecule has 0 heterocycles. The highest BCUT2D eigenvalue weighted by Gasteiger charge is 2.18. The first-order valence-corrected chi connectivity index (χ1v) is 7.74. The minimum atomic E-state index is -3.70. The van der Waals surface area contributed by atoms with Crippen molar-refractivity contribution in [1.29, 1.82) is 0 Å². The molecule has 2 rings (SSSR count). The van der Waals surface area contributed by atoms with Gasteiger partial charge in [-0.1, -0.05) is 24.3 Å². The Morgan fingerprint density at radius 2 is 1.62 bits per heavy atom. The molecule has 110 valence electrons. The van der Waals surface area contributed by atoms with Gasteiger partial charge in [-0.25, -0.2) is 17.5 Å². The number of aldehydes is 1. The average Bonchev–Trinajstić information content (AvgIpc) is 2.47. The predicted octanol–water partition coefficient (Wildman–Crippen LogP) is 2.68. The molecule has 2 aromatic rings. The van der Waals surface area contributed by atoms with E-state index < -0.39 is 16.1 Å². The van der Waals surface area contributed by atoms with Gasteiger partial charge in [0.25, 0.3) is 0 Å². The van der Waals surface area contributed by atoms with E-state index in [2.05, 4.69) is 4.72 Å². The van der Waals surface area contributed by atoms with Crippen LogP contribution in [0, 0.1) is 5.82 Å². The molecule has 4 nitrogen and oxygen atoms in total. The van der Waals surface area contributed by atoms with Crippen molar-refractivity contribution in [2.45, 2.75) is 17.9 Å². The van der Waals surface area contributed by atoms with E-state index in [1.54, 1.807) is 6.92 Å². The second kappa shape index (κ2) is 6.15. The van der Waals surface area contributed by atoms with Crippen molar-refractivity contribution in [3.8, 4) is 0 Å². The summed E-state index contributed by atoms with van der Waals surface area (Å²) in [5.41, 5.74) is 1.06. The standard InChI is InChI=1S/C15H14FNO3S/c1-11(13-4-6-14(16)7-5-13)17-21(19,20)15-8-2-12(10-18)3-9-15/h2-11,17H,1H3. The lowest BCUT2D eigenvalue weighted by Crippen LogP contribution is -2.26. The van der Waals surface area contributed by atoms with Crippen LogP contribution < -0.4 is 4.72 Å². The van der Waals surface area contributed by atoms with Crippen LogP contribution in [0.5, 0.6) is 0 Å². The first-order chi connectivity index (χ1) is 9.92. The highest BCUT2D eigenvalue weighted by molar-refractivity contribution is 7.89. The van der Waals surface area contributed by atoms with E-state index in [4.69, 9.17) is 0 Å². The van der Waals surface area contributed by atoms with Gasteiger partial charge in [-0.3, -0.25) is 4.79 Å². The molecule has 0 radical (unpaired) electrons. The highest BCUT2D eigenvalue weighted by atomic mass is 32.2. The first kappa shape index (κ1) is 15.3. The van der Waals surface area contributed by atoms with Crippen LogP contribution in [0.1, 0.15) is 28.9 Å². The molecule has 21 heavy (non-hydrogen) atoms. The maximum absolute atomic E-state index is 12.9. The highest BCUT2D eigenvalue weighted by Crippen LogP contribution is 2.17. The first-order valence-electron chi connectivity index (χ1n) is 6.25. The summed E-state index contributed by atoms with van der Waals surface area (Å²) in [5.74, 6) is -0.377. The van der Waals surface area contributed by atoms with Crippen molar-refractivity contribution in [3.63, 3.8) is 0 Å². The topological polar surface area (TPSA) is 63.2 Å². The molecule has 2 aromatic carbocycles. The van der Waals surface area contributed by atoms with Gasteiger partial charge < -0.3 is 0 Å². The Balaban J connectivity index is 2.19. The molecule has 1 N–H and O–H groups in total. The number of benzene rings is 2. The van der Waals surface area contributed by atoms with Gasteiger partial charge in [0.1, 0.15) is 12.1 Å². The zero-order valence-electron chi connectivity index (χ0n) is 11.3. The number of carbonyl (C=O) groups is 1. The third kappa shape index (κ3) is 3.74. The van der Waals surface area contributed by atoms with Gasteiger partial charge in [-0.2, -0.15) is 0 Å². The van der Waals surface area contributed by atoms with E-state index >= 15 is 0 Å². The lowest BCUT2D eigenvalue weighted by Gasteiger charge is -2.14. The van der Waals surface area contributed by atoms with E-state index in [1.165, 1.54) is 48.5 Å². The van der Waals surface area contributed by atoms with E-state index in [0.717, 1.165) is 0 Å². The Bertz CT molecular complexity index is 725. The quantitative estimate of drug-likeness (QED) is 0.864. The molecule has 0 saturated carbocycles. The van der Waals surface area contributed by atoms with Crippen LogP contribution in [-0.4, -0.2) is 14.7 Å². The maximum atomic E-state index is 12.9. The number of rotatable bonds is 5. The van der Waals surface area contributed by atoms with Crippen LogP contribution in [0.4, 0.5) is 4.39 Å². The fraction of sp³-hybridized carbons (Fsp3) is 0.133. The fourth-order valence-corrected chi connectivity index (χ4v) is 3.08. The Kier molecular flexibility index (Phi) is 4.50. The largest absolute Gasteiger partial charge is 0.298 e. The number of nitrogens with one attached hydrogen (secondary N) is 1. The molecule has 0 saturated heterocycles. The summed E-state index contributed by atoms with van der Waals surface area (Å²) < 4.78 is 39.8. The zero-order chi connectivity index (χ0) is 15.5. The molecule has 0 aliphatic carbocycles. The summed E-state index contributed by atoms with van der Waals surface area (Å²) in [5, 5.41) is 0. The van der Waals surface area contributed by atoms with Crippen molar-refractivity contribution in [3.05, 3.63) is 65.5 Å². The predicted molar refractivity (Wildman–Crippen MR) is 77.0 cm³/mol. The molecule has 0 spiro atoms. The molecular formula is C15H14FNO3S. The molecule has 1 unspecified atom stereocenters. The molecule has 0 amide bonds. The third-order valence-electron chi connectivity index (χ3n) is 3.03. The molecule has 0 aromatic heterocycles. The van der Waals surface area contributed by atoms with Gasteiger partial charge in [-0.15, -0.1) is 0 Å². The molecule has 0 bridgehead atoms. The van der Waals surface area contributed by atoms with Crippen LogP contribution in [0.3, 0.4) is 0 Å². The van der Waals surface area contributed by atoms with Gasteiger partial charge in [0.15, 0.2) is 0 Å². The van der Waals surface area contributed by atoms with E-state index in [-0.39, 0.29) is 10.7 Å². The second-order valence-corrected chi connectivity index (χ2v) is 6.30. The van der Waals surface area contributed by atoms with Crippen molar-refractivity contribution in [2.75, 3.05) is 0 Å². The van der Waals surface area contributed by atoms with Gasteiger partial charge >= 0.3 is 0 Å². The van der Waals surface area contributed by atoms with E-state index in [1.807, 2.05) is 0 Å². The van der Waals surface area contributed by atoms with Crippen molar-refractivity contribution in [1.82, 2.24) is 4.72 Å².